The van der Waals surface area contributed by atoms with E-state index >= 15 is 0 Å². The number of para-hydroxylation sites is 1. The molecule has 1 saturated carbocycles. The number of amides is 1. The maximum atomic E-state index is 12.4. The first-order valence-corrected chi connectivity index (χ1v) is 12.6. The maximum absolute atomic E-state index is 12.4. The quantitative estimate of drug-likeness (QED) is 0.269. The molecule has 1 fully saturated rings. The van der Waals surface area contributed by atoms with Gasteiger partial charge in [0.15, 0.2) is 0 Å². The zero-order valence-electron chi connectivity index (χ0n) is 20.5. The van der Waals surface area contributed by atoms with Gasteiger partial charge in [-0.05, 0) is 90.6 Å². The lowest BCUT2D eigenvalue weighted by Crippen LogP contribution is -2.19. The number of hydrogen-bond acceptors (Lipinski definition) is 4. The predicted octanol–water partition coefficient (Wildman–Crippen LogP) is 7.22. The third-order valence-corrected chi connectivity index (χ3v) is 6.59. The maximum Gasteiger partial charge on any atom is 0.337 e. The molecule has 4 aromatic rings. The molecule has 0 saturated heterocycles. The molecule has 0 atom stereocenters. The van der Waals surface area contributed by atoms with E-state index in [2.05, 4.69) is 17.4 Å². The van der Waals surface area contributed by atoms with Crippen LogP contribution in [-0.2, 0) is 11.2 Å². The summed E-state index contributed by atoms with van der Waals surface area (Å²) >= 11 is 0. The number of anilines is 1. The Kier molecular flexibility index (Phi) is 7.36. The van der Waals surface area contributed by atoms with Crippen molar-refractivity contribution in [2.24, 2.45) is 0 Å². The smallest absolute Gasteiger partial charge is 0.337 e. The largest absolute Gasteiger partial charge is 0.490 e. The molecule has 1 aliphatic carbocycles. The van der Waals surface area contributed by atoms with Crippen LogP contribution in [0.25, 0.3) is 10.8 Å². The molecule has 0 aromatic heterocycles. The number of ether oxygens (including phenoxy) is 2. The molecule has 6 nitrogen and oxygen atoms in total. The van der Waals surface area contributed by atoms with E-state index in [0.717, 1.165) is 40.7 Å². The van der Waals surface area contributed by atoms with E-state index in [-0.39, 0.29) is 23.6 Å². The summed E-state index contributed by atoms with van der Waals surface area (Å²) in [6.45, 7) is 0. The minimum absolute atomic E-state index is 0.0583. The number of aromatic carboxylic acids is 1. The fourth-order valence-corrected chi connectivity index (χ4v) is 4.68. The minimum atomic E-state index is -1.08. The second-order valence-corrected chi connectivity index (χ2v) is 9.37. The van der Waals surface area contributed by atoms with Crippen molar-refractivity contribution < 1.29 is 24.2 Å². The molecule has 0 bridgehead atoms. The fourth-order valence-electron chi connectivity index (χ4n) is 4.68. The van der Waals surface area contributed by atoms with Crippen LogP contribution >= 0.6 is 0 Å². The highest BCUT2D eigenvalue weighted by Gasteiger charge is 2.15. The van der Waals surface area contributed by atoms with Gasteiger partial charge in [-0.25, -0.2) is 4.79 Å². The average molecular weight is 496 g/mol. The zero-order chi connectivity index (χ0) is 25.6. The molecular weight excluding hydrogens is 466 g/mol. The van der Waals surface area contributed by atoms with Crippen LogP contribution in [0.1, 0.15) is 48.0 Å². The van der Waals surface area contributed by atoms with E-state index in [1.165, 1.54) is 25.3 Å². The first-order chi connectivity index (χ1) is 18.0. The van der Waals surface area contributed by atoms with Crippen molar-refractivity contribution in [1.82, 2.24) is 0 Å². The lowest BCUT2D eigenvalue weighted by atomic mass is 9.98. The summed E-state index contributed by atoms with van der Waals surface area (Å²) < 4.78 is 12.2. The average Bonchev–Trinajstić information content (AvgIpc) is 2.90. The van der Waals surface area contributed by atoms with E-state index < -0.39 is 5.97 Å². The molecule has 5 rings (SSSR count). The minimum Gasteiger partial charge on any atom is -0.490 e. The number of carbonyl (C=O) groups excluding carboxylic acids is 1. The molecule has 0 radical (unpaired) electrons. The van der Waals surface area contributed by atoms with Crippen molar-refractivity contribution >= 4 is 28.3 Å². The van der Waals surface area contributed by atoms with Crippen LogP contribution in [0, 0.1) is 0 Å². The van der Waals surface area contributed by atoms with Gasteiger partial charge in [0.05, 0.1) is 23.8 Å². The summed E-state index contributed by atoms with van der Waals surface area (Å²) in [7, 11) is 0. The Morgan fingerprint density at radius 2 is 1.43 bits per heavy atom. The number of nitrogens with one attached hydrogen (secondary N) is 1. The molecule has 1 amide bonds. The van der Waals surface area contributed by atoms with Crippen molar-refractivity contribution in [3.63, 3.8) is 0 Å². The summed E-state index contributed by atoms with van der Waals surface area (Å²) in [5.41, 5.74) is 1.13. The Morgan fingerprint density at radius 3 is 2.16 bits per heavy atom. The number of carboxylic acid groups (broad SMARTS) is 1. The summed E-state index contributed by atoms with van der Waals surface area (Å²) in [5.74, 6) is 0.934. The summed E-state index contributed by atoms with van der Waals surface area (Å²) in [6.07, 6.45) is 6.50. The molecule has 0 aliphatic heterocycles. The van der Waals surface area contributed by atoms with Crippen LogP contribution in [-0.4, -0.2) is 23.1 Å². The third kappa shape index (κ3) is 6.28. The van der Waals surface area contributed by atoms with Gasteiger partial charge in [0, 0.05) is 0 Å². The Balaban J connectivity index is 1.19. The van der Waals surface area contributed by atoms with Gasteiger partial charge in [-0.3, -0.25) is 4.79 Å². The van der Waals surface area contributed by atoms with E-state index in [4.69, 9.17) is 9.47 Å². The van der Waals surface area contributed by atoms with E-state index in [0.29, 0.717) is 11.9 Å². The topological polar surface area (TPSA) is 84.9 Å². The molecule has 188 valence electrons. The number of carbonyl (C=O) groups is 2. The Morgan fingerprint density at radius 1 is 0.784 bits per heavy atom. The summed E-state index contributed by atoms with van der Waals surface area (Å²) in [6, 6.07) is 25.8. The van der Waals surface area contributed by atoms with Crippen LogP contribution in [0.3, 0.4) is 0 Å². The molecule has 0 spiro atoms. The highest BCUT2D eigenvalue weighted by molar-refractivity contribution is 6.01. The first-order valence-electron chi connectivity index (χ1n) is 12.6. The molecule has 4 aromatic carbocycles. The number of hydrogen-bond donors (Lipinski definition) is 2. The van der Waals surface area contributed by atoms with Gasteiger partial charge < -0.3 is 19.9 Å². The Hall–Kier alpha value is -4.32. The van der Waals surface area contributed by atoms with Gasteiger partial charge >= 0.3 is 5.97 Å². The van der Waals surface area contributed by atoms with E-state index in [1.807, 2.05) is 48.5 Å². The normalized spacial score (nSPS) is 13.7. The van der Waals surface area contributed by atoms with Crippen molar-refractivity contribution in [3.05, 3.63) is 96.1 Å². The van der Waals surface area contributed by atoms with Gasteiger partial charge in [-0.1, -0.05) is 42.8 Å². The first kappa shape index (κ1) is 24.4. The second kappa shape index (κ2) is 11.2. The third-order valence-electron chi connectivity index (χ3n) is 6.59. The number of fused-ring (bicyclic) bond motifs is 1. The lowest BCUT2D eigenvalue weighted by molar-refractivity contribution is -0.115. The van der Waals surface area contributed by atoms with E-state index in [9.17, 15) is 14.7 Å². The molecule has 6 heteroatoms. The number of carboxylic acids is 1. The van der Waals surface area contributed by atoms with Crippen molar-refractivity contribution in [2.75, 3.05) is 5.32 Å². The lowest BCUT2D eigenvalue weighted by Gasteiger charge is -2.23. The Labute approximate surface area is 215 Å². The summed E-state index contributed by atoms with van der Waals surface area (Å²) in [4.78, 5) is 23.8. The van der Waals surface area contributed by atoms with Crippen LogP contribution in [0.5, 0.6) is 17.2 Å². The standard InChI is InChI=1S/C31H29NO5/c33-30(32-29-9-5-4-8-28(29)31(34)35)18-21-10-14-25(15-11-21)37-27-17-13-22-19-26(16-12-23(22)20-27)36-24-6-2-1-3-7-24/h4-5,8-17,19-20,24H,1-3,6-7,18H2,(H,32,33)(H,34,35). The van der Waals surface area contributed by atoms with Gasteiger partial charge in [-0.15, -0.1) is 0 Å². The molecule has 2 N–H and O–H groups in total. The van der Waals surface area contributed by atoms with E-state index in [1.54, 1.807) is 18.2 Å². The Bertz CT molecular complexity index is 1410. The number of rotatable bonds is 8. The predicted molar refractivity (Wildman–Crippen MR) is 144 cm³/mol. The van der Waals surface area contributed by atoms with Crippen LogP contribution in [0.15, 0.2) is 84.9 Å². The molecule has 0 heterocycles. The van der Waals surface area contributed by atoms with Gasteiger partial charge in [-0.2, -0.15) is 0 Å². The van der Waals surface area contributed by atoms with Gasteiger partial charge in [0.1, 0.15) is 17.2 Å². The van der Waals surface area contributed by atoms with Crippen molar-refractivity contribution in [2.45, 2.75) is 44.6 Å². The van der Waals surface area contributed by atoms with Crippen molar-refractivity contribution in [1.29, 1.82) is 0 Å². The monoisotopic (exact) mass is 495 g/mol. The second-order valence-electron chi connectivity index (χ2n) is 9.37. The fraction of sp³-hybridized carbons (Fsp3) is 0.226. The van der Waals surface area contributed by atoms with Crippen LogP contribution in [0.2, 0.25) is 0 Å². The molecular formula is C31H29NO5. The molecule has 37 heavy (non-hydrogen) atoms. The molecule has 0 unspecified atom stereocenters. The van der Waals surface area contributed by atoms with Gasteiger partial charge in [0.2, 0.25) is 5.91 Å². The summed E-state index contributed by atoms with van der Waals surface area (Å²) in [5, 5.41) is 14.1. The van der Waals surface area contributed by atoms with Crippen LogP contribution in [0.4, 0.5) is 5.69 Å². The zero-order valence-corrected chi connectivity index (χ0v) is 20.5. The highest BCUT2D eigenvalue weighted by Crippen LogP contribution is 2.30. The molecule has 1 aliphatic rings. The van der Waals surface area contributed by atoms with Crippen molar-refractivity contribution in [3.8, 4) is 17.2 Å². The van der Waals surface area contributed by atoms with Gasteiger partial charge in [0.25, 0.3) is 0 Å². The number of benzene rings is 4. The van der Waals surface area contributed by atoms with Crippen LogP contribution < -0.4 is 14.8 Å². The SMILES string of the molecule is O=C(Cc1ccc(Oc2ccc3cc(OC4CCCCC4)ccc3c2)cc1)Nc1ccccc1C(=O)O. The highest BCUT2D eigenvalue weighted by atomic mass is 16.5.